The summed E-state index contributed by atoms with van der Waals surface area (Å²) in [4.78, 5) is 18.7. The van der Waals surface area contributed by atoms with Crippen molar-refractivity contribution >= 4 is 10.9 Å². The number of para-hydroxylation sites is 1. The van der Waals surface area contributed by atoms with Crippen LogP contribution < -0.4 is 19.8 Å². The van der Waals surface area contributed by atoms with Crippen LogP contribution in [0.15, 0.2) is 71.5 Å². The summed E-state index contributed by atoms with van der Waals surface area (Å²) in [5.74, 6) is 2.22. The Hall–Kier alpha value is -4.77. The topological polar surface area (TPSA) is 107 Å². The van der Waals surface area contributed by atoms with Crippen molar-refractivity contribution in [3.05, 3.63) is 105 Å². The van der Waals surface area contributed by atoms with E-state index in [4.69, 9.17) is 14.2 Å². The highest BCUT2D eigenvalue weighted by Gasteiger charge is 2.31. The molecule has 0 aliphatic carbocycles. The summed E-state index contributed by atoms with van der Waals surface area (Å²) in [6.07, 6.45) is 0. The number of hydrogen-bond acceptors (Lipinski definition) is 8. The van der Waals surface area contributed by atoms with Gasteiger partial charge in [0.2, 0.25) is 0 Å². The molecule has 0 aliphatic rings. The molecule has 0 bridgehead atoms. The third kappa shape index (κ3) is 6.51. The smallest absolute Gasteiger partial charge is 0.252 e. The van der Waals surface area contributed by atoms with E-state index in [9.17, 15) is 9.18 Å². The van der Waals surface area contributed by atoms with Crippen molar-refractivity contribution in [1.82, 2.24) is 30.1 Å². The molecule has 1 N–H and O–H groups in total. The number of hydrogen-bond donors (Lipinski definition) is 1. The lowest BCUT2D eigenvalue weighted by Gasteiger charge is -2.34. The number of aromatic nitrogens is 5. The number of ether oxygens (including phenoxy) is 3. The third-order valence-corrected chi connectivity index (χ3v) is 7.46. The highest BCUT2D eigenvalue weighted by atomic mass is 19.1. The molecule has 1 unspecified atom stereocenters. The molecule has 43 heavy (non-hydrogen) atoms. The average Bonchev–Trinajstić information content (AvgIpc) is 3.45. The monoisotopic (exact) mass is 586 g/mol. The summed E-state index contributed by atoms with van der Waals surface area (Å²) in [6, 6.07) is 19.3. The average molecular weight is 587 g/mol. The van der Waals surface area contributed by atoms with Crippen LogP contribution in [0.25, 0.3) is 10.9 Å². The summed E-state index contributed by atoms with van der Waals surface area (Å²) >= 11 is 0. The van der Waals surface area contributed by atoms with Crippen molar-refractivity contribution < 1.29 is 18.6 Å². The highest BCUT2D eigenvalue weighted by Crippen LogP contribution is 2.34. The molecule has 5 aromatic rings. The van der Waals surface area contributed by atoms with E-state index in [-0.39, 0.29) is 23.3 Å². The fraction of sp³-hybridized carbons (Fsp3) is 0.312. The third-order valence-electron chi connectivity index (χ3n) is 7.46. The maximum absolute atomic E-state index is 13.6. The Morgan fingerprint density at radius 1 is 0.884 bits per heavy atom. The molecule has 2 heterocycles. The molecule has 11 heteroatoms. The van der Waals surface area contributed by atoms with Gasteiger partial charge < -0.3 is 19.2 Å². The van der Waals surface area contributed by atoms with Gasteiger partial charge in [-0.1, -0.05) is 44.2 Å². The molecule has 0 aliphatic heterocycles. The summed E-state index contributed by atoms with van der Waals surface area (Å²) in [5, 5.41) is 13.5. The fourth-order valence-corrected chi connectivity index (χ4v) is 5.40. The first-order valence-electron chi connectivity index (χ1n) is 14.0. The van der Waals surface area contributed by atoms with Crippen molar-refractivity contribution in [2.75, 3.05) is 21.3 Å². The second-order valence-electron chi connectivity index (χ2n) is 10.6. The second kappa shape index (κ2) is 13.0. The Kier molecular flexibility index (Phi) is 9.01. The molecular weight excluding hydrogens is 551 g/mol. The van der Waals surface area contributed by atoms with Gasteiger partial charge in [-0.25, -0.2) is 9.07 Å². The van der Waals surface area contributed by atoms with Crippen LogP contribution in [0.4, 0.5) is 4.39 Å². The van der Waals surface area contributed by atoms with E-state index in [1.165, 1.54) is 12.1 Å². The molecule has 224 valence electrons. The Morgan fingerprint density at radius 3 is 2.26 bits per heavy atom. The molecule has 0 fully saturated rings. The maximum atomic E-state index is 13.6. The van der Waals surface area contributed by atoms with Crippen LogP contribution >= 0.6 is 0 Å². The predicted molar refractivity (Wildman–Crippen MR) is 161 cm³/mol. The Balaban J connectivity index is 1.58. The molecule has 0 radical (unpaired) electrons. The fourth-order valence-electron chi connectivity index (χ4n) is 5.40. The first-order valence-corrected chi connectivity index (χ1v) is 14.0. The van der Waals surface area contributed by atoms with Crippen LogP contribution in [0.3, 0.4) is 0 Å². The van der Waals surface area contributed by atoms with Gasteiger partial charge in [0, 0.05) is 35.7 Å². The van der Waals surface area contributed by atoms with Crippen LogP contribution in [0.2, 0.25) is 0 Å². The molecule has 10 nitrogen and oxygen atoms in total. The number of halogens is 1. The zero-order valence-electron chi connectivity index (χ0n) is 24.9. The van der Waals surface area contributed by atoms with Gasteiger partial charge in [0.05, 0.1) is 39.4 Å². The van der Waals surface area contributed by atoms with Crippen LogP contribution in [-0.2, 0) is 19.6 Å². The van der Waals surface area contributed by atoms with E-state index >= 15 is 0 Å². The van der Waals surface area contributed by atoms with Gasteiger partial charge >= 0.3 is 0 Å². The minimum atomic E-state index is -0.305. The van der Waals surface area contributed by atoms with Gasteiger partial charge in [-0.2, -0.15) is 0 Å². The molecule has 0 spiro atoms. The second-order valence-corrected chi connectivity index (χ2v) is 10.6. The number of nitrogens with one attached hydrogen (secondary N) is 1. The Bertz CT molecular complexity index is 1750. The molecule has 1 atom stereocenters. The lowest BCUT2D eigenvalue weighted by atomic mass is 9.99. The van der Waals surface area contributed by atoms with Crippen molar-refractivity contribution in [3.8, 4) is 17.2 Å². The van der Waals surface area contributed by atoms with Crippen molar-refractivity contribution in [3.63, 3.8) is 0 Å². The zero-order chi connectivity index (χ0) is 30.5. The first-order chi connectivity index (χ1) is 20.8. The molecule has 0 amide bonds. The maximum Gasteiger partial charge on any atom is 0.252 e. The summed E-state index contributed by atoms with van der Waals surface area (Å²) in [6.45, 7) is 5.31. The van der Waals surface area contributed by atoms with Gasteiger partial charge in [0.25, 0.3) is 5.56 Å². The summed E-state index contributed by atoms with van der Waals surface area (Å²) in [7, 11) is 4.78. The molecule has 3 aromatic carbocycles. The van der Waals surface area contributed by atoms with Gasteiger partial charge in [-0.3, -0.25) is 9.69 Å². The number of benzene rings is 3. The number of pyridine rings is 1. The van der Waals surface area contributed by atoms with Gasteiger partial charge in [0.15, 0.2) is 17.3 Å². The van der Waals surface area contributed by atoms with Crippen LogP contribution in [0.1, 0.15) is 42.4 Å². The van der Waals surface area contributed by atoms with E-state index in [2.05, 4.69) is 39.3 Å². The molecule has 0 saturated heterocycles. The number of methoxy groups -OCH3 is 3. The molecule has 5 rings (SSSR count). The summed E-state index contributed by atoms with van der Waals surface area (Å²) in [5.41, 5.74) is 2.82. The lowest BCUT2D eigenvalue weighted by Crippen LogP contribution is -2.35. The van der Waals surface area contributed by atoms with Crippen molar-refractivity contribution in [2.24, 2.45) is 5.92 Å². The minimum absolute atomic E-state index is 0.0524. The van der Waals surface area contributed by atoms with Gasteiger partial charge in [-0.15, -0.1) is 5.10 Å². The first kappa shape index (κ1) is 29.7. The van der Waals surface area contributed by atoms with E-state index in [1.807, 2.05) is 36.4 Å². The molecule has 2 aromatic heterocycles. The van der Waals surface area contributed by atoms with E-state index in [1.54, 1.807) is 44.2 Å². The quantitative estimate of drug-likeness (QED) is 0.215. The Labute approximate surface area is 249 Å². The van der Waals surface area contributed by atoms with Crippen molar-refractivity contribution in [2.45, 2.75) is 39.5 Å². The number of H-pyrrole nitrogens is 1. The number of nitrogens with zero attached hydrogens (tertiary/aromatic N) is 5. The van der Waals surface area contributed by atoms with E-state index < -0.39 is 0 Å². The van der Waals surface area contributed by atoms with Crippen LogP contribution in [-0.4, -0.2) is 51.4 Å². The SMILES string of the molecule is COc1ccccc1CN(Cc1cc2cc(OC)c(OC)cc2[nH]c1=O)C(c1nnnn1Cc1ccc(F)cc1)C(C)C. The number of fused-ring (bicyclic) bond motifs is 1. The zero-order valence-corrected chi connectivity index (χ0v) is 24.9. The van der Waals surface area contributed by atoms with Gasteiger partial charge in [-0.05, 0) is 52.2 Å². The highest BCUT2D eigenvalue weighted by molar-refractivity contribution is 5.83. The van der Waals surface area contributed by atoms with E-state index in [0.29, 0.717) is 48.0 Å². The Morgan fingerprint density at radius 2 is 1.56 bits per heavy atom. The minimum Gasteiger partial charge on any atom is -0.496 e. The molecule has 0 saturated carbocycles. The number of aromatic amines is 1. The van der Waals surface area contributed by atoms with Crippen LogP contribution in [0.5, 0.6) is 17.2 Å². The summed E-state index contributed by atoms with van der Waals surface area (Å²) < 4.78 is 31.9. The number of tetrazole rings is 1. The molecular formula is C32H35FN6O4. The van der Waals surface area contributed by atoms with Crippen LogP contribution in [0, 0.1) is 11.7 Å². The largest absolute Gasteiger partial charge is 0.496 e. The normalized spacial score (nSPS) is 12.2. The van der Waals surface area contributed by atoms with Crippen molar-refractivity contribution in [1.29, 1.82) is 0 Å². The van der Waals surface area contributed by atoms with E-state index in [0.717, 1.165) is 22.3 Å². The number of rotatable bonds is 12. The van der Waals surface area contributed by atoms with Gasteiger partial charge in [0.1, 0.15) is 11.6 Å². The predicted octanol–water partition coefficient (Wildman–Crippen LogP) is 5.13. The lowest BCUT2D eigenvalue weighted by molar-refractivity contribution is 0.125. The standard InChI is InChI=1S/C32H35FN6O4/c1-20(2)30(31-35-36-37-39(31)17-21-10-12-25(33)13-11-21)38(18-22-8-6-7-9-27(22)41-3)19-24-14-23-15-28(42-4)29(43-5)16-26(23)34-32(24)40/h6-16,20,30H,17-19H2,1-5H3,(H,34,40).